The molecule has 160 valence electrons. The third-order valence-corrected chi connectivity index (χ3v) is 5.30. The number of piperidine rings is 1. The molecule has 1 saturated heterocycles. The van der Waals surface area contributed by atoms with Gasteiger partial charge in [0.15, 0.2) is 11.5 Å². The number of carbonyl (C=O) groups is 1. The summed E-state index contributed by atoms with van der Waals surface area (Å²) in [5, 5.41) is 0. The zero-order valence-electron chi connectivity index (χ0n) is 17.8. The molecule has 1 aromatic carbocycles. The molecule has 1 aliphatic heterocycles. The summed E-state index contributed by atoms with van der Waals surface area (Å²) < 4.78 is 11.8. The van der Waals surface area contributed by atoms with E-state index in [2.05, 4.69) is 27.7 Å². The number of unbranched alkanes of at least 4 members (excludes halogenated alkanes) is 2. The fraction of sp³-hybridized carbons (Fsp3) is 0.682. The molecule has 1 aromatic rings. The van der Waals surface area contributed by atoms with Crippen molar-refractivity contribution in [2.75, 3.05) is 26.3 Å². The Bertz CT molecular complexity index is 622. The molecule has 0 saturated carbocycles. The van der Waals surface area contributed by atoms with Gasteiger partial charge in [-0.3, -0.25) is 4.79 Å². The predicted molar refractivity (Wildman–Crippen MR) is 117 cm³/mol. The van der Waals surface area contributed by atoms with Crippen LogP contribution in [0.4, 0.5) is 0 Å². The lowest BCUT2D eigenvalue weighted by atomic mass is 9.79. The van der Waals surface area contributed by atoms with Crippen molar-refractivity contribution in [2.24, 2.45) is 11.1 Å². The van der Waals surface area contributed by atoms with Gasteiger partial charge in [0.05, 0.1) is 13.2 Å². The van der Waals surface area contributed by atoms with Gasteiger partial charge in [0, 0.05) is 24.7 Å². The number of likely N-dealkylation sites (tertiary alicyclic amines) is 1. The van der Waals surface area contributed by atoms with E-state index in [-0.39, 0.29) is 29.8 Å². The summed E-state index contributed by atoms with van der Waals surface area (Å²) in [5.74, 6) is 1.42. The molecular weight excluding hydrogens is 376 g/mol. The van der Waals surface area contributed by atoms with Crippen molar-refractivity contribution in [3.63, 3.8) is 0 Å². The van der Waals surface area contributed by atoms with Gasteiger partial charge in [-0.25, -0.2) is 0 Å². The fourth-order valence-corrected chi connectivity index (χ4v) is 3.26. The molecule has 1 aliphatic rings. The second-order valence-corrected chi connectivity index (χ2v) is 8.18. The van der Waals surface area contributed by atoms with E-state index in [1.807, 2.05) is 23.1 Å². The highest BCUT2D eigenvalue weighted by molar-refractivity contribution is 5.95. The minimum absolute atomic E-state index is 0. The van der Waals surface area contributed by atoms with Gasteiger partial charge in [-0.05, 0) is 42.9 Å². The second-order valence-electron chi connectivity index (χ2n) is 8.18. The maximum Gasteiger partial charge on any atom is 0.254 e. The van der Waals surface area contributed by atoms with Crippen LogP contribution in [0.1, 0.15) is 70.2 Å². The number of rotatable bonds is 9. The first-order valence-corrected chi connectivity index (χ1v) is 10.3. The summed E-state index contributed by atoms with van der Waals surface area (Å²) in [6, 6.07) is 5.67. The van der Waals surface area contributed by atoms with Crippen molar-refractivity contribution >= 4 is 18.3 Å². The minimum atomic E-state index is -0.0719. The molecule has 28 heavy (non-hydrogen) atoms. The lowest BCUT2D eigenvalue weighted by Gasteiger charge is -2.42. The van der Waals surface area contributed by atoms with Gasteiger partial charge in [-0.15, -0.1) is 12.4 Å². The molecule has 6 heteroatoms. The molecule has 1 atom stereocenters. The molecule has 0 spiro atoms. The van der Waals surface area contributed by atoms with Crippen molar-refractivity contribution < 1.29 is 14.3 Å². The average Bonchev–Trinajstić information content (AvgIpc) is 2.64. The Hall–Kier alpha value is -1.46. The van der Waals surface area contributed by atoms with Crippen LogP contribution in [0.25, 0.3) is 0 Å². The van der Waals surface area contributed by atoms with Crippen LogP contribution < -0.4 is 15.2 Å². The van der Waals surface area contributed by atoms with Crippen LogP contribution in [-0.4, -0.2) is 43.2 Å². The van der Waals surface area contributed by atoms with E-state index >= 15 is 0 Å². The van der Waals surface area contributed by atoms with Crippen molar-refractivity contribution in [3.8, 4) is 11.5 Å². The first-order chi connectivity index (χ1) is 12.9. The standard InChI is InChI=1S/C22H36N2O3.ClH/c1-5-7-13-26-18-10-9-17(15-19(18)27-14-8-6-2)21(25)24-12-11-20(23)22(3,4)16-24;/h9-10,15,20H,5-8,11-14,16,23H2,1-4H3;1H. The van der Waals surface area contributed by atoms with Crippen LogP contribution in [0.2, 0.25) is 0 Å². The number of halogens is 1. The molecule has 1 unspecified atom stereocenters. The molecule has 1 fully saturated rings. The van der Waals surface area contributed by atoms with E-state index in [9.17, 15) is 4.79 Å². The van der Waals surface area contributed by atoms with Gasteiger partial charge in [0.1, 0.15) is 0 Å². The molecule has 2 rings (SSSR count). The quantitative estimate of drug-likeness (QED) is 0.599. The van der Waals surface area contributed by atoms with Crippen molar-refractivity contribution in [1.82, 2.24) is 4.90 Å². The second kappa shape index (κ2) is 11.5. The number of hydrogen-bond acceptors (Lipinski definition) is 4. The highest BCUT2D eigenvalue weighted by Gasteiger charge is 2.35. The zero-order chi connectivity index (χ0) is 19.9. The van der Waals surface area contributed by atoms with Crippen LogP contribution in [0.15, 0.2) is 18.2 Å². The van der Waals surface area contributed by atoms with E-state index < -0.39 is 0 Å². The zero-order valence-corrected chi connectivity index (χ0v) is 18.6. The Morgan fingerprint density at radius 2 is 1.75 bits per heavy atom. The maximum absolute atomic E-state index is 13.0. The first kappa shape index (κ1) is 24.6. The number of hydrogen-bond donors (Lipinski definition) is 1. The Kier molecular flexibility index (Phi) is 10.1. The van der Waals surface area contributed by atoms with Crippen LogP contribution >= 0.6 is 12.4 Å². The molecule has 0 aliphatic carbocycles. The van der Waals surface area contributed by atoms with Crippen molar-refractivity contribution in [2.45, 2.75) is 65.8 Å². The van der Waals surface area contributed by atoms with Gasteiger partial charge in [0.25, 0.3) is 5.91 Å². The van der Waals surface area contributed by atoms with E-state index in [0.717, 1.165) is 37.9 Å². The maximum atomic E-state index is 13.0. The Balaban J connectivity index is 0.00000392. The van der Waals surface area contributed by atoms with E-state index in [1.54, 1.807) is 0 Å². The summed E-state index contributed by atoms with van der Waals surface area (Å²) in [7, 11) is 0. The molecule has 2 N–H and O–H groups in total. The predicted octanol–water partition coefficient (Wildman–Crippen LogP) is 4.67. The Morgan fingerprint density at radius 1 is 1.14 bits per heavy atom. The molecule has 1 amide bonds. The summed E-state index contributed by atoms with van der Waals surface area (Å²) in [4.78, 5) is 14.9. The number of benzene rings is 1. The van der Waals surface area contributed by atoms with Crippen LogP contribution in [0, 0.1) is 5.41 Å². The first-order valence-electron chi connectivity index (χ1n) is 10.3. The third kappa shape index (κ3) is 6.56. The summed E-state index contributed by atoms with van der Waals surface area (Å²) in [5.41, 5.74) is 6.79. The van der Waals surface area contributed by atoms with E-state index in [0.29, 0.717) is 37.6 Å². The Morgan fingerprint density at radius 3 is 2.32 bits per heavy atom. The van der Waals surface area contributed by atoms with Crippen LogP contribution in [0.5, 0.6) is 11.5 Å². The lowest BCUT2D eigenvalue weighted by molar-refractivity contribution is 0.0532. The molecule has 0 radical (unpaired) electrons. The van der Waals surface area contributed by atoms with Crippen LogP contribution in [-0.2, 0) is 0 Å². The highest BCUT2D eigenvalue weighted by atomic mass is 35.5. The number of nitrogens with zero attached hydrogens (tertiary/aromatic N) is 1. The highest BCUT2D eigenvalue weighted by Crippen LogP contribution is 2.32. The third-order valence-electron chi connectivity index (χ3n) is 5.30. The summed E-state index contributed by atoms with van der Waals surface area (Å²) in [6.07, 6.45) is 4.95. The molecule has 1 heterocycles. The summed E-state index contributed by atoms with van der Waals surface area (Å²) >= 11 is 0. The van der Waals surface area contributed by atoms with Gasteiger partial charge in [-0.1, -0.05) is 40.5 Å². The molecular formula is C22H37ClN2O3. The normalized spacial score (nSPS) is 18.3. The largest absolute Gasteiger partial charge is 0.490 e. The van der Waals surface area contributed by atoms with Gasteiger partial charge in [-0.2, -0.15) is 0 Å². The van der Waals surface area contributed by atoms with Gasteiger partial charge >= 0.3 is 0 Å². The number of carbonyl (C=O) groups excluding carboxylic acids is 1. The minimum Gasteiger partial charge on any atom is -0.490 e. The monoisotopic (exact) mass is 412 g/mol. The molecule has 0 aromatic heterocycles. The number of ether oxygens (including phenoxy) is 2. The SMILES string of the molecule is CCCCOc1ccc(C(=O)N2CCC(N)C(C)(C)C2)cc1OCCCC.Cl. The summed E-state index contributed by atoms with van der Waals surface area (Å²) in [6.45, 7) is 11.2. The lowest BCUT2D eigenvalue weighted by Crippen LogP contribution is -2.54. The Labute approximate surface area is 176 Å². The fourth-order valence-electron chi connectivity index (χ4n) is 3.26. The van der Waals surface area contributed by atoms with Crippen molar-refractivity contribution in [1.29, 1.82) is 0 Å². The van der Waals surface area contributed by atoms with Gasteiger partial charge in [0.2, 0.25) is 0 Å². The average molecular weight is 413 g/mol. The molecule has 5 nitrogen and oxygen atoms in total. The van der Waals surface area contributed by atoms with E-state index in [4.69, 9.17) is 15.2 Å². The number of nitrogens with two attached hydrogens (primary N) is 1. The van der Waals surface area contributed by atoms with E-state index in [1.165, 1.54) is 0 Å². The van der Waals surface area contributed by atoms with Crippen LogP contribution in [0.3, 0.4) is 0 Å². The topological polar surface area (TPSA) is 64.8 Å². The molecule has 0 bridgehead atoms. The van der Waals surface area contributed by atoms with Gasteiger partial charge < -0.3 is 20.1 Å². The smallest absolute Gasteiger partial charge is 0.254 e. The van der Waals surface area contributed by atoms with Crippen molar-refractivity contribution in [3.05, 3.63) is 23.8 Å². The number of amides is 1.